The van der Waals surface area contributed by atoms with E-state index in [1.165, 1.54) is 9.79 Å². The summed E-state index contributed by atoms with van der Waals surface area (Å²) in [5.74, 6) is 0. The molecule has 2 rings (SSSR count). The van der Waals surface area contributed by atoms with E-state index >= 15 is 0 Å². The van der Waals surface area contributed by atoms with Gasteiger partial charge in [-0.2, -0.15) is 0 Å². The molecule has 14 heavy (non-hydrogen) atoms. The van der Waals surface area contributed by atoms with Crippen LogP contribution in [0.2, 0.25) is 0 Å². The quantitative estimate of drug-likeness (QED) is 0.683. The SMILES string of the molecule is [K+].c1ccc(Sc2ccccc2)cc1. The fourth-order valence-electron chi connectivity index (χ4n) is 1.11. The molecule has 64 valence electrons. The molecule has 0 saturated carbocycles. The van der Waals surface area contributed by atoms with Gasteiger partial charge in [-0.25, -0.2) is 0 Å². The van der Waals surface area contributed by atoms with Crippen molar-refractivity contribution >= 4 is 11.8 Å². The fourth-order valence-corrected chi connectivity index (χ4v) is 1.97. The average molecular weight is 225 g/mol. The van der Waals surface area contributed by atoms with Crippen LogP contribution in [0.5, 0.6) is 0 Å². The Balaban J connectivity index is 0.000000980. The van der Waals surface area contributed by atoms with E-state index in [2.05, 4.69) is 48.5 Å². The second-order valence-corrected chi connectivity index (χ2v) is 3.88. The largest absolute Gasteiger partial charge is 1.00 e. The van der Waals surface area contributed by atoms with Crippen molar-refractivity contribution in [3.05, 3.63) is 60.7 Å². The summed E-state index contributed by atoms with van der Waals surface area (Å²) in [6, 6.07) is 20.8. The Hall–Kier alpha value is 0.426. The molecule has 0 saturated heterocycles. The zero-order valence-corrected chi connectivity index (χ0v) is 12.1. The Kier molecular flexibility index (Phi) is 6.09. The maximum Gasteiger partial charge on any atom is 1.00 e. The summed E-state index contributed by atoms with van der Waals surface area (Å²) < 4.78 is 0. The number of rotatable bonds is 2. The molecular weight excluding hydrogens is 215 g/mol. The molecule has 0 aliphatic rings. The van der Waals surface area contributed by atoms with Crippen LogP contribution >= 0.6 is 11.8 Å². The van der Waals surface area contributed by atoms with Gasteiger partial charge in [0, 0.05) is 9.79 Å². The normalized spacial score (nSPS) is 9.14. The molecule has 0 fully saturated rings. The van der Waals surface area contributed by atoms with Crippen molar-refractivity contribution in [1.29, 1.82) is 0 Å². The monoisotopic (exact) mass is 225 g/mol. The molecule has 2 heteroatoms. The van der Waals surface area contributed by atoms with Gasteiger partial charge in [0.25, 0.3) is 0 Å². The molecule has 0 unspecified atom stereocenters. The van der Waals surface area contributed by atoms with E-state index in [9.17, 15) is 0 Å². The standard InChI is InChI=1S/C12H10S.K/c1-3-7-11(8-4-1)13-12-9-5-2-6-10-12;/h1-10H;/q;+1. The van der Waals surface area contributed by atoms with Crippen molar-refractivity contribution in [2.75, 3.05) is 0 Å². The molecule has 0 radical (unpaired) electrons. The second kappa shape index (κ2) is 6.83. The van der Waals surface area contributed by atoms with E-state index in [4.69, 9.17) is 0 Å². The Morgan fingerprint density at radius 3 is 1.29 bits per heavy atom. The van der Waals surface area contributed by atoms with Gasteiger partial charge in [-0.05, 0) is 24.3 Å². The van der Waals surface area contributed by atoms with Gasteiger partial charge in [-0.3, -0.25) is 0 Å². The van der Waals surface area contributed by atoms with E-state index in [1.807, 2.05) is 12.1 Å². The van der Waals surface area contributed by atoms with Crippen LogP contribution in [0, 0.1) is 0 Å². The first-order chi connectivity index (χ1) is 6.45. The van der Waals surface area contributed by atoms with Crippen LogP contribution in [0.1, 0.15) is 0 Å². The van der Waals surface area contributed by atoms with E-state index < -0.39 is 0 Å². The summed E-state index contributed by atoms with van der Waals surface area (Å²) >= 11 is 1.79. The van der Waals surface area contributed by atoms with Crippen LogP contribution in [-0.4, -0.2) is 0 Å². The summed E-state index contributed by atoms with van der Waals surface area (Å²) in [4.78, 5) is 2.57. The number of hydrogen-bond donors (Lipinski definition) is 0. The number of hydrogen-bond acceptors (Lipinski definition) is 1. The summed E-state index contributed by atoms with van der Waals surface area (Å²) in [6.07, 6.45) is 0. The predicted molar refractivity (Wildman–Crippen MR) is 57.0 cm³/mol. The Labute approximate surface area is 132 Å². The summed E-state index contributed by atoms with van der Waals surface area (Å²) in [7, 11) is 0. The Bertz CT molecular complexity index is 321. The predicted octanol–water partition coefficient (Wildman–Crippen LogP) is 0.842. The smallest absolute Gasteiger partial charge is 0.0901 e. The summed E-state index contributed by atoms with van der Waals surface area (Å²) in [5, 5.41) is 0. The molecule has 0 aliphatic heterocycles. The fraction of sp³-hybridized carbons (Fsp3) is 0. The van der Waals surface area contributed by atoms with Crippen molar-refractivity contribution in [3.63, 3.8) is 0 Å². The van der Waals surface area contributed by atoms with E-state index in [-0.39, 0.29) is 51.4 Å². The van der Waals surface area contributed by atoms with Crippen LogP contribution in [0.15, 0.2) is 70.5 Å². The maximum atomic E-state index is 2.12. The summed E-state index contributed by atoms with van der Waals surface area (Å²) in [6.45, 7) is 0. The molecule has 2 aromatic rings. The molecular formula is C12H10KS+. The van der Waals surface area contributed by atoms with Crippen molar-refractivity contribution in [2.24, 2.45) is 0 Å². The van der Waals surface area contributed by atoms with Gasteiger partial charge >= 0.3 is 51.4 Å². The second-order valence-electron chi connectivity index (χ2n) is 2.73. The molecule has 0 atom stereocenters. The van der Waals surface area contributed by atoms with Crippen LogP contribution in [0.25, 0.3) is 0 Å². The van der Waals surface area contributed by atoms with Crippen LogP contribution < -0.4 is 51.4 Å². The Morgan fingerprint density at radius 2 is 0.929 bits per heavy atom. The third kappa shape index (κ3) is 3.89. The average Bonchev–Trinajstić information content (AvgIpc) is 2.21. The van der Waals surface area contributed by atoms with Crippen LogP contribution in [0.3, 0.4) is 0 Å². The first-order valence-corrected chi connectivity index (χ1v) is 5.05. The Morgan fingerprint density at radius 1 is 0.571 bits per heavy atom. The molecule has 0 spiro atoms. The van der Waals surface area contributed by atoms with Crippen molar-refractivity contribution < 1.29 is 51.4 Å². The van der Waals surface area contributed by atoms with Gasteiger partial charge < -0.3 is 0 Å². The zero-order chi connectivity index (χ0) is 8.93. The van der Waals surface area contributed by atoms with Gasteiger partial charge in [-0.1, -0.05) is 48.2 Å². The van der Waals surface area contributed by atoms with E-state index in [0.717, 1.165) is 0 Å². The van der Waals surface area contributed by atoms with Crippen LogP contribution in [0.4, 0.5) is 0 Å². The maximum absolute atomic E-state index is 2.12. The van der Waals surface area contributed by atoms with Crippen molar-refractivity contribution in [2.45, 2.75) is 9.79 Å². The van der Waals surface area contributed by atoms with Gasteiger partial charge in [-0.15, -0.1) is 0 Å². The molecule has 2 aromatic carbocycles. The molecule has 0 amide bonds. The third-order valence-corrected chi connectivity index (χ3v) is 2.74. The van der Waals surface area contributed by atoms with Crippen LogP contribution in [-0.2, 0) is 0 Å². The van der Waals surface area contributed by atoms with Crippen molar-refractivity contribution in [3.8, 4) is 0 Å². The molecule has 0 nitrogen and oxygen atoms in total. The van der Waals surface area contributed by atoms with Gasteiger partial charge in [0.1, 0.15) is 0 Å². The molecule has 0 aromatic heterocycles. The van der Waals surface area contributed by atoms with Gasteiger partial charge in [0.15, 0.2) is 0 Å². The van der Waals surface area contributed by atoms with E-state index in [1.54, 1.807) is 11.8 Å². The zero-order valence-electron chi connectivity index (χ0n) is 8.18. The third-order valence-electron chi connectivity index (χ3n) is 1.72. The van der Waals surface area contributed by atoms with Gasteiger partial charge in [0.05, 0.1) is 0 Å². The summed E-state index contributed by atoms with van der Waals surface area (Å²) in [5.41, 5.74) is 0. The topological polar surface area (TPSA) is 0 Å². The molecule has 0 N–H and O–H groups in total. The first-order valence-electron chi connectivity index (χ1n) is 4.23. The molecule has 0 heterocycles. The molecule has 0 aliphatic carbocycles. The number of benzene rings is 2. The van der Waals surface area contributed by atoms with E-state index in [0.29, 0.717) is 0 Å². The minimum atomic E-state index is 0. The molecule has 0 bridgehead atoms. The van der Waals surface area contributed by atoms with Crippen molar-refractivity contribution in [1.82, 2.24) is 0 Å². The minimum Gasteiger partial charge on any atom is -0.0901 e. The van der Waals surface area contributed by atoms with Gasteiger partial charge in [0.2, 0.25) is 0 Å². The first kappa shape index (κ1) is 12.5. The minimum absolute atomic E-state index is 0.